The van der Waals surface area contributed by atoms with Crippen molar-refractivity contribution in [2.75, 3.05) is 13.7 Å². The first kappa shape index (κ1) is 12.6. The highest BCUT2D eigenvalue weighted by molar-refractivity contribution is 6.32. The lowest BCUT2D eigenvalue weighted by Crippen LogP contribution is -2.04. The van der Waals surface area contributed by atoms with Crippen LogP contribution in [-0.4, -0.2) is 19.7 Å². The molecular formula is C12H13ClO3. The van der Waals surface area contributed by atoms with Gasteiger partial charge in [0.1, 0.15) is 12.4 Å². The van der Waals surface area contributed by atoms with Crippen LogP contribution in [0.3, 0.4) is 0 Å². The highest BCUT2D eigenvalue weighted by Gasteiger charge is 2.07. The normalized spacial score (nSPS) is 9.62. The second-order valence-electron chi connectivity index (χ2n) is 3.12. The van der Waals surface area contributed by atoms with Gasteiger partial charge in [-0.3, -0.25) is 4.79 Å². The van der Waals surface area contributed by atoms with Gasteiger partial charge in [-0.05, 0) is 17.7 Å². The molecule has 0 radical (unpaired) electrons. The van der Waals surface area contributed by atoms with Gasteiger partial charge in [-0.2, -0.15) is 0 Å². The van der Waals surface area contributed by atoms with Gasteiger partial charge in [-0.1, -0.05) is 30.3 Å². The molecule has 0 saturated heterocycles. The van der Waals surface area contributed by atoms with Gasteiger partial charge in [-0.25, -0.2) is 0 Å². The van der Waals surface area contributed by atoms with Gasteiger partial charge in [0, 0.05) is 0 Å². The van der Waals surface area contributed by atoms with Gasteiger partial charge >= 0.3 is 5.97 Å². The second kappa shape index (κ2) is 6.18. The second-order valence-corrected chi connectivity index (χ2v) is 3.52. The molecule has 0 saturated carbocycles. The zero-order chi connectivity index (χ0) is 12.0. The van der Waals surface area contributed by atoms with Crippen LogP contribution in [0.1, 0.15) is 5.56 Å². The van der Waals surface area contributed by atoms with E-state index in [0.717, 1.165) is 5.56 Å². The minimum Gasteiger partial charge on any atom is -0.488 e. The number of hydrogen-bond acceptors (Lipinski definition) is 3. The van der Waals surface area contributed by atoms with Gasteiger partial charge < -0.3 is 9.47 Å². The Morgan fingerprint density at radius 2 is 2.31 bits per heavy atom. The highest BCUT2D eigenvalue weighted by atomic mass is 35.5. The molecule has 0 aromatic heterocycles. The van der Waals surface area contributed by atoms with Crippen molar-refractivity contribution in [3.8, 4) is 5.75 Å². The zero-order valence-corrected chi connectivity index (χ0v) is 9.79. The minimum absolute atomic E-state index is 0.206. The topological polar surface area (TPSA) is 35.5 Å². The van der Waals surface area contributed by atoms with Crippen LogP contribution in [0.2, 0.25) is 5.02 Å². The molecule has 3 nitrogen and oxygen atoms in total. The average Bonchev–Trinajstić information content (AvgIpc) is 2.29. The molecule has 0 N–H and O–H groups in total. The van der Waals surface area contributed by atoms with Crippen LogP contribution in [0.4, 0.5) is 0 Å². The standard InChI is InChI=1S/C12H13ClO3/c1-3-6-16-11-7-9(4-5-10(11)13)8-12(14)15-2/h3-5,7H,1,6,8H2,2H3. The Hall–Kier alpha value is -1.48. The van der Waals surface area contributed by atoms with Crippen LogP contribution in [0.5, 0.6) is 5.75 Å². The fourth-order valence-corrected chi connectivity index (χ4v) is 1.33. The van der Waals surface area contributed by atoms with Crippen LogP contribution in [-0.2, 0) is 16.0 Å². The summed E-state index contributed by atoms with van der Waals surface area (Å²) in [5.74, 6) is 0.250. The molecule has 4 heteroatoms. The summed E-state index contributed by atoms with van der Waals surface area (Å²) in [5.41, 5.74) is 0.801. The Bertz CT molecular complexity index is 388. The van der Waals surface area contributed by atoms with Crippen molar-refractivity contribution in [2.24, 2.45) is 0 Å². The van der Waals surface area contributed by atoms with E-state index in [1.54, 1.807) is 24.3 Å². The molecule has 0 aliphatic carbocycles. The van der Waals surface area contributed by atoms with Crippen molar-refractivity contribution in [3.63, 3.8) is 0 Å². The monoisotopic (exact) mass is 240 g/mol. The number of methoxy groups -OCH3 is 1. The van der Waals surface area contributed by atoms with E-state index in [-0.39, 0.29) is 12.4 Å². The van der Waals surface area contributed by atoms with E-state index >= 15 is 0 Å². The molecule has 0 amide bonds. The summed E-state index contributed by atoms with van der Waals surface area (Å²) in [6.45, 7) is 3.92. The van der Waals surface area contributed by atoms with Gasteiger partial charge in [0.2, 0.25) is 0 Å². The number of carbonyl (C=O) groups excluding carboxylic acids is 1. The third kappa shape index (κ3) is 3.59. The lowest BCUT2D eigenvalue weighted by atomic mass is 10.1. The first-order chi connectivity index (χ1) is 7.67. The largest absolute Gasteiger partial charge is 0.488 e. The lowest BCUT2D eigenvalue weighted by Gasteiger charge is -2.07. The Balaban J connectivity index is 2.80. The van der Waals surface area contributed by atoms with Crippen molar-refractivity contribution in [2.45, 2.75) is 6.42 Å². The molecule has 0 heterocycles. The molecule has 0 unspecified atom stereocenters. The minimum atomic E-state index is -0.294. The van der Waals surface area contributed by atoms with Crippen molar-refractivity contribution < 1.29 is 14.3 Å². The molecule has 0 aliphatic heterocycles. The average molecular weight is 241 g/mol. The van der Waals surface area contributed by atoms with Crippen molar-refractivity contribution in [3.05, 3.63) is 41.4 Å². The maximum Gasteiger partial charge on any atom is 0.309 e. The Kier molecular flexibility index (Phi) is 4.86. The Morgan fingerprint density at radius 3 is 2.94 bits per heavy atom. The van der Waals surface area contributed by atoms with Gasteiger partial charge in [0.15, 0.2) is 0 Å². The SMILES string of the molecule is C=CCOc1cc(CC(=O)OC)ccc1Cl. The van der Waals surface area contributed by atoms with Crippen LogP contribution >= 0.6 is 11.6 Å². The summed E-state index contributed by atoms with van der Waals surface area (Å²) in [4.78, 5) is 11.1. The van der Waals surface area contributed by atoms with E-state index in [1.165, 1.54) is 7.11 Å². The quantitative estimate of drug-likeness (QED) is 0.586. The smallest absolute Gasteiger partial charge is 0.309 e. The fraction of sp³-hybridized carbons (Fsp3) is 0.250. The van der Waals surface area contributed by atoms with Crippen LogP contribution < -0.4 is 4.74 Å². The van der Waals surface area contributed by atoms with Gasteiger partial charge in [-0.15, -0.1) is 0 Å². The summed E-state index contributed by atoms with van der Waals surface area (Å²) in [6, 6.07) is 5.18. The van der Waals surface area contributed by atoms with Crippen LogP contribution in [0, 0.1) is 0 Å². The molecule has 86 valence electrons. The third-order valence-electron chi connectivity index (χ3n) is 1.93. The van der Waals surface area contributed by atoms with E-state index in [0.29, 0.717) is 17.4 Å². The summed E-state index contributed by atoms with van der Waals surface area (Å²) >= 11 is 5.93. The zero-order valence-electron chi connectivity index (χ0n) is 9.03. The fourth-order valence-electron chi connectivity index (χ4n) is 1.16. The van der Waals surface area contributed by atoms with Gasteiger partial charge in [0.05, 0.1) is 18.6 Å². The molecule has 0 fully saturated rings. The molecule has 0 bridgehead atoms. The Morgan fingerprint density at radius 1 is 1.56 bits per heavy atom. The predicted molar refractivity (Wildman–Crippen MR) is 62.9 cm³/mol. The third-order valence-corrected chi connectivity index (χ3v) is 2.24. The van der Waals surface area contributed by atoms with Crippen molar-refractivity contribution in [1.29, 1.82) is 0 Å². The van der Waals surface area contributed by atoms with E-state index < -0.39 is 0 Å². The summed E-state index contributed by atoms with van der Waals surface area (Å²) in [5, 5.41) is 0.510. The molecule has 16 heavy (non-hydrogen) atoms. The maximum atomic E-state index is 11.1. The molecule has 0 aliphatic rings. The molecule has 0 atom stereocenters. The van der Waals surface area contributed by atoms with E-state index in [2.05, 4.69) is 11.3 Å². The number of esters is 1. The molecule has 1 aromatic carbocycles. The summed E-state index contributed by atoms with van der Waals surface area (Å²) < 4.78 is 9.92. The van der Waals surface area contributed by atoms with Crippen molar-refractivity contribution in [1.82, 2.24) is 0 Å². The number of hydrogen-bond donors (Lipinski definition) is 0. The molecular weight excluding hydrogens is 228 g/mol. The van der Waals surface area contributed by atoms with Crippen molar-refractivity contribution >= 4 is 17.6 Å². The van der Waals surface area contributed by atoms with Crippen LogP contribution in [0.25, 0.3) is 0 Å². The molecule has 1 rings (SSSR count). The van der Waals surface area contributed by atoms with Crippen LogP contribution in [0.15, 0.2) is 30.9 Å². The highest BCUT2D eigenvalue weighted by Crippen LogP contribution is 2.25. The Labute approximate surface area is 99.6 Å². The first-order valence-electron chi connectivity index (χ1n) is 4.76. The van der Waals surface area contributed by atoms with E-state index in [4.69, 9.17) is 16.3 Å². The first-order valence-corrected chi connectivity index (χ1v) is 5.14. The predicted octanol–water partition coefficient (Wildman–Crippen LogP) is 2.62. The number of halogens is 1. The summed E-state index contributed by atoms with van der Waals surface area (Å²) in [6.07, 6.45) is 1.83. The molecule has 0 spiro atoms. The number of rotatable bonds is 5. The van der Waals surface area contributed by atoms with Gasteiger partial charge in [0.25, 0.3) is 0 Å². The summed E-state index contributed by atoms with van der Waals surface area (Å²) in [7, 11) is 1.35. The van der Waals surface area contributed by atoms with E-state index in [1.807, 2.05) is 0 Å². The number of carbonyl (C=O) groups is 1. The molecule has 1 aromatic rings. The number of benzene rings is 1. The lowest BCUT2D eigenvalue weighted by molar-refractivity contribution is -0.139. The maximum absolute atomic E-state index is 11.1. The number of ether oxygens (including phenoxy) is 2. The van der Waals surface area contributed by atoms with E-state index in [9.17, 15) is 4.79 Å².